The van der Waals surface area contributed by atoms with Crippen molar-refractivity contribution in [1.82, 2.24) is 10.2 Å². The van der Waals surface area contributed by atoms with Crippen LogP contribution in [0.2, 0.25) is 10.0 Å². The van der Waals surface area contributed by atoms with Gasteiger partial charge in [-0.2, -0.15) is 0 Å². The number of amides is 2. The molecule has 1 N–H and O–H groups in total. The van der Waals surface area contributed by atoms with Crippen LogP contribution in [-0.4, -0.2) is 43.8 Å². The van der Waals surface area contributed by atoms with Crippen LogP contribution in [0.15, 0.2) is 77.7 Å². The smallest absolute Gasteiger partial charge is 0.264 e. The summed E-state index contributed by atoms with van der Waals surface area (Å²) in [5.74, 6) is -0.688. The van der Waals surface area contributed by atoms with E-state index in [2.05, 4.69) is 5.32 Å². The number of nitrogens with one attached hydrogen (secondary N) is 1. The summed E-state index contributed by atoms with van der Waals surface area (Å²) in [6.45, 7) is 8.78. The summed E-state index contributed by atoms with van der Waals surface area (Å²) in [5.41, 5.74) is 1.94. The van der Waals surface area contributed by atoms with Crippen LogP contribution < -0.4 is 9.62 Å². The van der Waals surface area contributed by atoms with Gasteiger partial charge >= 0.3 is 0 Å². The second-order valence-electron chi connectivity index (χ2n) is 10.2. The summed E-state index contributed by atoms with van der Waals surface area (Å²) in [7, 11) is -4.13. The van der Waals surface area contributed by atoms with Crippen molar-refractivity contribution in [1.29, 1.82) is 0 Å². The molecule has 0 bridgehead atoms. The number of halogens is 2. The highest BCUT2D eigenvalue weighted by Gasteiger charge is 2.33. The Morgan fingerprint density at radius 3 is 2.05 bits per heavy atom. The largest absolute Gasteiger partial charge is 0.352 e. The van der Waals surface area contributed by atoms with Crippen molar-refractivity contribution in [3.63, 3.8) is 0 Å². The number of carbonyl (C=O) groups excluding carboxylic acids is 2. The van der Waals surface area contributed by atoms with E-state index >= 15 is 0 Å². The van der Waals surface area contributed by atoms with Gasteiger partial charge in [-0.1, -0.05) is 73.4 Å². The molecule has 214 valence electrons. The van der Waals surface area contributed by atoms with Gasteiger partial charge in [-0.25, -0.2) is 8.42 Å². The average Bonchev–Trinajstić information content (AvgIpc) is 2.91. The molecule has 0 unspecified atom stereocenters. The second-order valence-corrected chi connectivity index (χ2v) is 12.9. The minimum absolute atomic E-state index is 0.0208. The normalized spacial score (nSPS) is 12.3. The van der Waals surface area contributed by atoms with Crippen LogP contribution in [-0.2, 0) is 26.2 Å². The number of carbonyl (C=O) groups is 2. The first-order valence-corrected chi connectivity index (χ1v) is 15.2. The van der Waals surface area contributed by atoms with E-state index in [-0.39, 0.29) is 29.3 Å². The van der Waals surface area contributed by atoms with Crippen molar-refractivity contribution < 1.29 is 18.0 Å². The first-order chi connectivity index (χ1) is 18.8. The fourth-order valence-electron chi connectivity index (χ4n) is 4.10. The van der Waals surface area contributed by atoms with E-state index in [4.69, 9.17) is 23.2 Å². The molecule has 0 saturated heterocycles. The maximum Gasteiger partial charge on any atom is 0.264 e. The van der Waals surface area contributed by atoms with Crippen molar-refractivity contribution in [2.75, 3.05) is 10.8 Å². The molecule has 40 heavy (non-hydrogen) atoms. The third kappa shape index (κ3) is 7.77. The Morgan fingerprint density at radius 2 is 1.50 bits per heavy atom. The summed E-state index contributed by atoms with van der Waals surface area (Å²) in [6.07, 6.45) is 0. The van der Waals surface area contributed by atoms with Gasteiger partial charge in [0.2, 0.25) is 11.8 Å². The maximum absolute atomic E-state index is 14.0. The molecule has 10 heteroatoms. The first-order valence-electron chi connectivity index (χ1n) is 13.0. The van der Waals surface area contributed by atoms with Gasteiger partial charge in [-0.3, -0.25) is 13.9 Å². The van der Waals surface area contributed by atoms with Gasteiger partial charge in [0.15, 0.2) is 0 Å². The number of benzene rings is 3. The number of rotatable bonds is 11. The van der Waals surface area contributed by atoms with Gasteiger partial charge in [-0.05, 0) is 74.2 Å². The Morgan fingerprint density at radius 1 is 0.875 bits per heavy atom. The van der Waals surface area contributed by atoms with Crippen molar-refractivity contribution in [3.8, 4) is 0 Å². The summed E-state index contributed by atoms with van der Waals surface area (Å²) in [6, 6.07) is 18.9. The molecule has 0 aromatic heterocycles. The lowest BCUT2D eigenvalue weighted by Gasteiger charge is -2.32. The number of sulfonamides is 1. The van der Waals surface area contributed by atoms with Crippen LogP contribution in [0.1, 0.15) is 51.7 Å². The quantitative estimate of drug-likeness (QED) is 0.280. The topological polar surface area (TPSA) is 86.8 Å². The Hall–Kier alpha value is -3.07. The van der Waals surface area contributed by atoms with Crippen LogP contribution in [0, 0.1) is 0 Å². The van der Waals surface area contributed by atoms with Crippen LogP contribution >= 0.6 is 23.2 Å². The molecule has 3 rings (SSSR count). The molecule has 0 radical (unpaired) electrons. The van der Waals surface area contributed by atoms with E-state index in [9.17, 15) is 18.0 Å². The summed E-state index contributed by atoms with van der Waals surface area (Å²) < 4.78 is 28.8. The Labute approximate surface area is 247 Å². The molecule has 3 aromatic carbocycles. The molecular formula is C30H35Cl2N3O4S. The highest BCUT2D eigenvalue weighted by atomic mass is 35.5. The van der Waals surface area contributed by atoms with E-state index in [1.165, 1.54) is 17.0 Å². The summed E-state index contributed by atoms with van der Waals surface area (Å²) in [4.78, 5) is 28.4. The number of hydrogen-bond acceptors (Lipinski definition) is 4. The first kappa shape index (κ1) is 31.5. The summed E-state index contributed by atoms with van der Waals surface area (Å²) >= 11 is 12.5. The van der Waals surface area contributed by atoms with Crippen LogP contribution in [0.25, 0.3) is 0 Å². The molecule has 7 nitrogen and oxygen atoms in total. The van der Waals surface area contributed by atoms with E-state index in [0.29, 0.717) is 21.3 Å². The lowest BCUT2D eigenvalue weighted by Crippen LogP contribution is -2.52. The molecule has 0 aliphatic rings. The molecule has 0 saturated carbocycles. The van der Waals surface area contributed by atoms with Crippen LogP contribution in [0.4, 0.5) is 5.69 Å². The molecule has 3 aromatic rings. The molecule has 0 aliphatic heterocycles. The van der Waals surface area contributed by atoms with Gasteiger partial charge in [0.25, 0.3) is 10.0 Å². The molecule has 1 atom stereocenters. The van der Waals surface area contributed by atoms with Crippen molar-refractivity contribution in [2.24, 2.45) is 0 Å². The van der Waals surface area contributed by atoms with Crippen molar-refractivity contribution in [2.45, 2.75) is 64.1 Å². The van der Waals surface area contributed by atoms with E-state index < -0.39 is 28.5 Å². The predicted octanol–water partition coefficient (Wildman–Crippen LogP) is 6.25. The Kier molecular flexibility index (Phi) is 10.6. The highest BCUT2D eigenvalue weighted by molar-refractivity contribution is 7.92. The van der Waals surface area contributed by atoms with Crippen LogP contribution in [0.5, 0.6) is 0 Å². The molecule has 2 amide bonds. The minimum atomic E-state index is -4.13. The van der Waals surface area contributed by atoms with Gasteiger partial charge in [0, 0.05) is 22.6 Å². The third-order valence-corrected chi connectivity index (χ3v) is 8.79. The number of nitrogens with zero attached hydrogens (tertiary/aromatic N) is 2. The van der Waals surface area contributed by atoms with Crippen molar-refractivity contribution >= 4 is 50.7 Å². The molecular weight excluding hydrogens is 569 g/mol. The third-order valence-electron chi connectivity index (χ3n) is 6.41. The van der Waals surface area contributed by atoms with Gasteiger partial charge < -0.3 is 10.2 Å². The van der Waals surface area contributed by atoms with E-state index in [1.807, 2.05) is 39.8 Å². The summed E-state index contributed by atoms with van der Waals surface area (Å²) in [5, 5.41) is 3.59. The zero-order chi connectivity index (χ0) is 29.6. The van der Waals surface area contributed by atoms with E-state index in [0.717, 1.165) is 9.87 Å². The van der Waals surface area contributed by atoms with E-state index in [1.54, 1.807) is 55.5 Å². The molecule has 0 heterocycles. The molecule has 0 aliphatic carbocycles. The Bertz CT molecular complexity index is 1430. The second kappa shape index (κ2) is 13.5. The van der Waals surface area contributed by atoms with Gasteiger partial charge in [0.05, 0.1) is 10.6 Å². The predicted molar refractivity (Wildman–Crippen MR) is 161 cm³/mol. The molecule has 0 spiro atoms. The van der Waals surface area contributed by atoms with Gasteiger partial charge in [-0.15, -0.1) is 0 Å². The zero-order valence-electron chi connectivity index (χ0n) is 23.3. The standard InChI is InChI=1S/C30H35Cl2N3O4S/c1-20(2)23-12-15-26(16-13-23)35(40(38,39)27-9-7-6-8-10-27)19-29(36)34(22(5)30(37)33-21(3)4)18-24-11-14-25(31)17-28(24)32/h6-17,20-22H,18-19H2,1-5H3,(H,33,37)/t22-/m0/s1. The minimum Gasteiger partial charge on any atom is -0.352 e. The zero-order valence-corrected chi connectivity index (χ0v) is 25.6. The number of anilines is 1. The highest BCUT2D eigenvalue weighted by Crippen LogP contribution is 2.27. The number of hydrogen-bond donors (Lipinski definition) is 1. The SMILES string of the molecule is CC(C)NC(=O)[C@H](C)N(Cc1ccc(Cl)cc1Cl)C(=O)CN(c1ccc(C(C)C)cc1)S(=O)(=O)c1ccccc1. The fourth-order valence-corrected chi connectivity index (χ4v) is 6.00. The monoisotopic (exact) mass is 603 g/mol. The molecule has 0 fully saturated rings. The lowest BCUT2D eigenvalue weighted by atomic mass is 10.0. The fraction of sp³-hybridized carbons (Fsp3) is 0.333. The van der Waals surface area contributed by atoms with Gasteiger partial charge in [0.1, 0.15) is 12.6 Å². The van der Waals surface area contributed by atoms with Crippen molar-refractivity contribution in [3.05, 3.63) is 94.0 Å². The lowest BCUT2D eigenvalue weighted by molar-refractivity contribution is -0.139. The average molecular weight is 605 g/mol. The Balaban J connectivity index is 2.05. The van der Waals surface area contributed by atoms with Crippen LogP contribution in [0.3, 0.4) is 0 Å². The maximum atomic E-state index is 14.0.